The van der Waals surface area contributed by atoms with Crippen molar-refractivity contribution < 1.29 is 13.2 Å². The second-order valence-electron chi connectivity index (χ2n) is 12.4. The molecule has 0 unspecified atom stereocenters. The molecule has 0 fully saturated rings. The van der Waals surface area contributed by atoms with Crippen molar-refractivity contribution >= 4 is 43.4 Å². The SMILES string of the molecule is O=c1n(-c2ccc(-c3c4ccccc4c(-c4ccc5ccccc5c4)c4ccccc34)cc2)c2ccccc2n1-c1cccc(C(F)(F)F)c1. The third-order valence-electron chi connectivity index (χ3n) is 9.56. The summed E-state index contributed by atoms with van der Waals surface area (Å²) >= 11 is 0. The van der Waals surface area contributed by atoms with Crippen LogP contribution in [0.25, 0.3) is 77.0 Å². The van der Waals surface area contributed by atoms with Crippen LogP contribution in [0.15, 0.2) is 169 Å². The minimum Gasteiger partial charge on any atom is -0.260 e. The number of benzene rings is 8. The molecule has 6 heteroatoms. The highest BCUT2D eigenvalue weighted by molar-refractivity contribution is 6.21. The lowest BCUT2D eigenvalue weighted by molar-refractivity contribution is -0.137. The van der Waals surface area contributed by atoms with Gasteiger partial charge in [-0.25, -0.2) is 4.79 Å². The van der Waals surface area contributed by atoms with Crippen LogP contribution in [0.1, 0.15) is 5.56 Å². The lowest BCUT2D eigenvalue weighted by Gasteiger charge is -2.18. The smallest absolute Gasteiger partial charge is 0.260 e. The molecule has 0 aliphatic rings. The first-order valence-corrected chi connectivity index (χ1v) is 16.3. The maximum Gasteiger partial charge on any atom is 0.416 e. The zero-order chi connectivity index (χ0) is 34.0. The molecule has 240 valence electrons. The van der Waals surface area contributed by atoms with Gasteiger partial charge in [-0.3, -0.25) is 9.13 Å². The molecule has 0 atom stereocenters. The Balaban J connectivity index is 1.22. The number of fused-ring (bicyclic) bond motifs is 4. The van der Waals surface area contributed by atoms with Crippen LogP contribution in [0.3, 0.4) is 0 Å². The van der Waals surface area contributed by atoms with Crippen LogP contribution < -0.4 is 5.69 Å². The Labute approximate surface area is 284 Å². The molecule has 0 amide bonds. The standard InChI is InChI=1S/C44H27F3N2O/c45-44(46,47)32-12-9-13-34(27-32)49-40-19-8-7-18-39(40)48(43(49)50)33-24-22-29(23-25-33)41-35-14-3-5-16-37(35)42(38-17-6-4-15-36(38)41)31-21-20-28-10-1-2-11-30(28)26-31/h1-27H. The number of nitrogens with zero attached hydrogens (tertiary/aromatic N) is 2. The molecule has 1 aromatic heterocycles. The lowest BCUT2D eigenvalue weighted by Crippen LogP contribution is -2.22. The number of aromatic nitrogens is 2. The molecule has 0 N–H and O–H groups in total. The molecule has 0 radical (unpaired) electrons. The summed E-state index contributed by atoms with van der Waals surface area (Å²) in [6.45, 7) is 0. The number of hydrogen-bond acceptors (Lipinski definition) is 1. The fourth-order valence-electron chi connectivity index (χ4n) is 7.34. The third kappa shape index (κ3) is 4.71. The molecule has 0 spiro atoms. The van der Waals surface area contributed by atoms with E-state index in [0.29, 0.717) is 16.7 Å². The summed E-state index contributed by atoms with van der Waals surface area (Å²) in [5.41, 5.74) is 5.02. The van der Waals surface area contributed by atoms with Gasteiger partial charge in [-0.1, -0.05) is 115 Å². The normalized spacial score (nSPS) is 12.0. The summed E-state index contributed by atoms with van der Waals surface area (Å²) in [5, 5.41) is 6.88. The van der Waals surface area contributed by atoms with Gasteiger partial charge in [0.05, 0.1) is 28.0 Å². The van der Waals surface area contributed by atoms with Gasteiger partial charge in [0.2, 0.25) is 0 Å². The Morgan fingerprint density at radius 3 is 1.52 bits per heavy atom. The van der Waals surface area contributed by atoms with Crippen molar-refractivity contribution in [1.82, 2.24) is 9.13 Å². The van der Waals surface area contributed by atoms with Gasteiger partial charge in [0.25, 0.3) is 0 Å². The first kappa shape index (κ1) is 29.7. The van der Waals surface area contributed by atoms with Gasteiger partial charge in [0.1, 0.15) is 0 Å². The van der Waals surface area contributed by atoms with Crippen LogP contribution in [0.4, 0.5) is 13.2 Å². The summed E-state index contributed by atoms with van der Waals surface area (Å²) in [6.07, 6.45) is -4.53. The molecule has 8 aromatic carbocycles. The Morgan fingerprint density at radius 1 is 0.420 bits per heavy atom. The summed E-state index contributed by atoms with van der Waals surface area (Å²) in [5.74, 6) is 0. The molecule has 3 nitrogen and oxygen atoms in total. The number of imidazole rings is 1. The van der Waals surface area contributed by atoms with Gasteiger partial charge in [-0.15, -0.1) is 0 Å². The maximum absolute atomic E-state index is 14.1. The van der Waals surface area contributed by atoms with E-state index in [1.807, 2.05) is 30.3 Å². The molecular weight excluding hydrogens is 629 g/mol. The van der Waals surface area contributed by atoms with E-state index >= 15 is 0 Å². The molecule has 0 bridgehead atoms. The molecule has 0 aliphatic carbocycles. The average Bonchev–Trinajstić information content (AvgIpc) is 3.44. The van der Waals surface area contributed by atoms with Crippen LogP contribution >= 0.6 is 0 Å². The number of alkyl halides is 3. The van der Waals surface area contributed by atoms with Gasteiger partial charge in [-0.2, -0.15) is 13.2 Å². The maximum atomic E-state index is 14.1. The fraction of sp³-hybridized carbons (Fsp3) is 0.0227. The minimum atomic E-state index is -4.53. The minimum absolute atomic E-state index is 0.154. The van der Waals surface area contributed by atoms with Gasteiger partial charge < -0.3 is 0 Å². The van der Waals surface area contributed by atoms with E-state index in [2.05, 4.69) is 91.0 Å². The Morgan fingerprint density at radius 2 is 0.920 bits per heavy atom. The van der Waals surface area contributed by atoms with Crippen LogP contribution in [0, 0.1) is 0 Å². The predicted octanol–water partition coefficient (Wildman–Crippen LogP) is 11.6. The monoisotopic (exact) mass is 656 g/mol. The van der Waals surface area contributed by atoms with E-state index in [4.69, 9.17) is 0 Å². The van der Waals surface area contributed by atoms with Crippen LogP contribution in [0.2, 0.25) is 0 Å². The molecule has 0 saturated heterocycles. The molecule has 0 aliphatic heterocycles. The molecule has 0 saturated carbocycles. The van der Waals surface area contributed by atoms with Crippen molar-refractivity contribution in [2.75, 3.05) is 0 Å². The van der Waals surface area contributed by atoms with Gasteiger partial charge in [-0.05, 0) is 103 Å². The molecule has 9 aromatic rings. The van der Waals surface area contributed by atoms with Crippen molar-refractivity contribution in [3.8, 4) is 33.6 Å². The van der Waals surface area contributed by atoms with E-state index in [1.54, 1.807) is 22.8 Å². The van der Waals surface area contributed by atoms with Crippen molar-refractivity contribution in [2.24, 2.45) is 0 Å². The molecule has 1 heterocycles. The van der Waals surface area contributed by atoms with Crippen LogP contribution in [0.5, 0.6) is 0 Å². The van der Waals surface area contributed by atoms with Gasteiger partial charge >= 0.3 is 11.9 Å². The quantitative estimate of drug-likeness (QED) is 0.173. The third-order valence-corrected chi connectivity index (χ3v) is 9.56. The Kier molecular flexibility index (Phi) is 6.74. The van der Waals surface area contributed by atoms with Crippen molar-refractivity contribution in [3.05, 3.63) is 180 Å². The fourth-order valence-corrected chi connectivity index (χ4v) is 7.34. The molecular formula is C44H27F3N2O. The highest BCUT2D eigenvalue weighted by atomic mass is 19.4. The predicted molar refractivity (Wildman–Crippen MR) is 197 cm³/mol. The second-order valence-corrected chi connectivity index (χ2v) is 12.4. The van der Waals surface area contributed by atoms with E-state index in [0.717, 1.165) is 50.4 Å². The highest BCUT2D eigenvalue weighted by Gasteiger charge is 2.31. The molecule has 50 heavy (non-hydrogen) atoms. The number of halogens is 3. The molecule has 9 rings (SSSR count). The lowest BCUT2D eigenvalue weighted by atomic mass is 9.85. The zero-order valence-corrected chi connectivity index (χ0v) is 26.5. The number of rotatable bonds is 4. The van der Waals surface area contributed by atoms with E-state index < -0.39 is 17.4 Å². The summed E-state index contributed by atoms with van der Waals surface area (Å²) in [6, 6.07) is 51.8. The van der Waals surface area contributed by atoms with E-state index in [-0.39, 0.29) is 5.69 Å². The summed E-state index contributed by atoms with van der Waals surface area (Å²) in [4.78, 5) is 14.1. The van der Waals surface area contributed by atoms with Crippen molar-refractivity contribution in [1.29, 1.82) is 0 Å². The topological polar surface area (TPSA) is 26.9 Å². The second kappa shape index (κ2) is 11.3. The first-order valence-electron chi connectivity index (χ1n) is 16.3. The zero-order valence-electron chi connectivity index (χ0n) is 26.5. The summed E-state index contributed by atoms with van der Waals surface area (Å²) in [7, 11) is 0. The van der Waals surface area contributed by atoms with E-state index in [9.17, 15) is 18.0 Å². The number of hydrogen-bond donors (Lipinski definition) is 0. The van der Waals surface area contributed by atoms with Crippen molar-refractivity contribution in [2.45, 2.75) is 6.18 Å². The highest BCUT2D eigenvalue weighted by Crippen LogP contribution is 2.44. The Bertz CT molecular complexity index is 2770. The average molecular weight is 657 g/mol. The first-order chi connectivity index (χ1) is 24.4. The van der Waals surface area contributed by atoms with Crippen LogP contribution in [-0.4, -0.2) is 9.13 Å². The van der Waals surface area contributed by atoms with Crippen molar-refractivity contribution in [3.63, 3.8) is 0 Å². The van der Waals surface area contributed by atoms with E-state index in [1.165, 1.54) is 33.0 Å². The largest absolute Gasteiger partial charge is 0.416 e. The number of para-hydroxylation sites is 2. The summed E-state index contributed by atoms with van der Waals surface area (Å²) < 4.78 is 43.7. The Hall–Kier alpha value is -6.40. The van der Waals surface area contributed by atoms with Gasteiger partial charge in [0, 0.05) is 0 Å². The van der Waals surface area contributed by atoms with Gasteiger partial charge in [0.15, 0.2) is 0 Å². The van der Waals surface area contributed by atoms with Crippen LogP contribution in [-0.2, 0) is 6.18 Å².